The molecule has 0 bridgehead atoms. The molecule has 2 N–H and O–H groups in total. The Morgan fingerprint density at radius 1 is 1.24 bits per heavy atom. The number of ether oxygens (including phenoxy) is 2. The molecule has 5 nitrogen and oxygen atoms in total. The zero-order valence-electron chi connectivity index (χ0n) is 11.8. The first kappa shape index (κ1) is 15.8. The maximum absolute atomic E-state index is 12.7. The molecule has 0 aliphatic heterocycles. The van der Waals surface area contributed by atoms with Crippen LogP contribution in [0.15, 0.2) is 39.9 Å². The molecule has 1 atom stereocenters. The summed E-state index contributed by atoms with van der Waals surface area (Å²) in [5.41, 5.74) is 6.25. The van der Waals surface area contributed by atoms with Gasteiger partial charge in [0.25, 0.3) is 0 Å². The van der Waals surface area contributed by atoms with Gasteiger partial charge in [0.2, 0.25) is 0 Å². The van der Waals surface area contributed by atoms with Gasteiger partial charge >= 0.3 is 0 Å². The molecule has 1 unspecified atom stereocenters. The van der Waals surface area contributed by atoms with Crippen LogP contribution in [0, 0.1) is 0 Å². The summed E-state index contributed by atoms with van der Waals surface area (Å²) >= 11 is 1.18. The molecule has 21 heavy (non-hydrogen) atoms. The Morgan fingerprint density at radius 3 is 2.52 bits per heavy atom. The van der Waals surface area contributed by atoms with E-state index in [1.165, 1.54) is 25.6 Å². The third kappa shape index (κ3) is 3.04. The van der Waals surface area contributed by atoms with E-state index in [0.29, 0.717) is 21.3 Å². The Balaban J connectivity index is 2.56. The van der Waals surface area contributed by atoms with Crippen molar-refractivity contribution >= 4 is 21.2 Å². The summed E-state index contributed by atoms with van der Waals surface area (Å²) in [7, 11) is -0.539. The van der Waals surface area contributed by atoms with Gasteiger partial charge in [0.05, 0.1) is 14.2 Å². The predicted octanol–water partition coefficient (Wildman–Crippen LogP) is 2.24. The zero-order valence-corrected chi connectivity index (χ0v) is 13.4. The summed E-state index contributed by atoms with van der Waals surface area (Å²) in [5, 5.41) is 0.852. The van der Waals surface area contributed by atoms with Crippen LogP contribution in [0.3, 0.4) is 0 Å². The normalized spacial score (nSPS) is 12.9. The fourth-order valence-corrected chi connectivity index (χ4v) is 4.90. The van der Waals surface area contributed by atoms with Crippen molar-refractivity contribution in [3.63, 3.8) is 0 Å². The van der Waals surface area contributed by atoms with Crippen LogP contribution in [-0.2, 0) is 9.84 Å². The molecule has 1 aromatic carbocycles. The van der Waals surface area contributed by atoms with E-state index in [-0.39, 0.29) is 6.54 Å². The Labute approximate surface area is 128 Å². The molecule has 0 spiro atoms. The first-order valence-corrected chi connectivity index (χ1v) is 8.66. The maximum atomic E-state index is 12.7. The predicted molar refractivity (Wildman–Crippen MR) is 82.8 cm³/mol. The van der Waals surface area contributed by atoms with Crippen molar-refractivity contribution in [3.8, 4) is 11.5 Å². The molecule has 0 fully saturated rings. The second kappa shape index (κ2) is 6.46. The van der Waals surface area contributed by atoms with Crippen LogP contribution in [0.2, 0.25) is 0 Å². The maximum Gasteiger partial charge on any atom is 0.196 e. The van der Waals surface area contributed by atoms with E-state index in [4.69, 9.17) is 15.2 Å². The van der Waals surface area contributed by atoms with Crippen LogP contribution in [0.1, 0.15) is 10.8 Å². The molecule has 1 aromatic heterocycles. The highest BCUT2D eigenvalue weighted by Crippen LogP contribution is 2.37. The van der Waals surface area contributed by atoms with Crippen molar-refractivity contribution in [3.05, 3.63) is 41.3 Å². The molecule has 2 aromatic rings. The molecular weight excluding hydrogens is 310 g/mol. The monoisotopic (exact) mass is 327 g/mol. The Bertz CT molecular complexity index is 696. The topological polar surface area (TPSA) is 78.6 Å². The third-order valence-electron chi connectivity index (χ3n) is 3.15. The smallest absolute Gasteiger partial charge is 0.196 e. The quantitative estimate of drug-likeness (QED) is 0.880. The van der Waals surface area contributed by atoms with Gasteiger partial charge in [-0.05, 0) is 29.6 Å². The van der Waals surface area contributed by atoms with Crippen molar-refractivity contribution in [1.82, 2.24) is 0 Å². The lowest BCUT2D eigenvalue weighted by molar-refractivity contribution is 0.398. The van der Waals surface area contributed by atoms with Crippen molar-refractivity contribution in [1.29, 1.82) is 0 Å². The van der Waals surface area contributed by atoms with Gasteiger partial charge in [-0.1, -0.05) is 6.07 Å². The lowest BCUT2D eigenvalue weighted by atomic mass is 10.1. The van der Waals surface area contributed by atoms with Crippen molar-refractivity contribution in [2.24, 2.45) is 5.73 Å². The molecular formula is C14H17NO4S2. The van der Waals surface area contributed by atoms with Gasteiger partial charge in [0.1, 0.15) is 21.0 Å². The highest BCUT2D eigenvalue weighted by Gasteiger charge is 2.31. The van der Waals surface area contributed by atoms with Gasteiger partial charge in [-0.2, -0.15) is 0 Å². The summed E-state index contributed by atoms with van der Waals surface area (Å²) in [6.07, 6.45) is 0. The highest BCUT2D eigenvalue weighted by atomic mass is 32.2. The van der Waals surface area contributed by atoms with Gasteiger partial charge in [-0.15, -0.1) is 11.3 Å². The molecule has 2 rings (SSSR count). The molecule has 0 aliphatic rings. The fraction of sp³-hybridized carbons (Fsp3) is 0.286. The van der Waals surface area contributed by atoms with Gasteiger partial charge in [0.15, 0.2) is 9.84 Å². The number of benzene rings is 1. The van der Waals surface area contributed by atoms with Gasteiger partial charge in [-0.3, -0.25) is 0 Å². The first-order chi connectivity index (χ1) is 10.0. The molecule has 0 aliphatic carbocycles. The zero-order chi connectivity index (χ0) is 15.5. The van der Waals surface area contributed by atoms with Gasteiger partial charge in [-0.25, -0.2) is 8.42 Å². The molecule has 0 amide bonds. The molecule has 7 heteroatoms. The van der Waals surface area contributed by atoms with E-state index in [1.807, 2.05) is 0 Å². The lowest BCUT2D eigenvalue weighted by Gasteiger charge is -2.19. The average molecular weight is 327 g/mol. The minimum absolute atomic E-state index is 0.0379. The number of thiophene rings is 1. The molecule has 0 saturated carbocycles. The third-order valence-corrected chi connectivity index (χ3v) is 6.69. The second-order valence-electron chi connectivity index (χ2n) is 4.31. The Kier molecular flexibility index (Phi) is 4.87. The SMILES string of the molecule is COc1ccc(OC)c(C(CN)S(=O)(=O)c2cccs2)c1. The number of sulfone groups is 1. The van der Waals surface area contributed by atoms with E-state index >= 15 is 0 Å². The van der Waals surface area contributed by atoms with Crippen molar-refractivity contribution < 1.29 is 17.9 Å². The minimum atomic E-state index is -3.56. The van der Waals surface area contributed by atoms with Gasteiger partial charge < -0.3 is 15.2 Å². The van der Waals surface area contributed by atoms with E-state index in [0.717, 1.165) is 0 Å². The number of hydrogen-bond acceptors (Lipinski definition) is 6. The van der Waals surface area contributed by atoms with Gasteiger partial charge in [0, 0.05) is 12.1 Å². The molecule has 0 saturated heterocycles. The Hall–Kier alpha value is -1.57. The number of methoxy groups -OCH3 is 2. The second-order valence-corrected chi connectivity index (χ2v) is 7.61. The fourth-order valence-electron chi connectivity index (χ4n) is 2.08. The summed E-state index contributed by atoms with van der Waals surface area (Å²) in [5.74, 6) is 1.04. The van der Waals surface area contributed by atoms with Crippen LogP contribution in [0.5, 0.6) is 11.5 Å². The molecule has 1 heterocycles. The van der Waals surface area contributed by atoms with E-state index < -0.39 is 15.1 Å². The van der Waals surface area contributed by atoms with Crippen molar-refractivity contribution in [2.75, 3.05) is 20.8 Å². The minimum Gasteiger partial charge on any atom is -0.497 e. The number of nitrogens with two attached hydrogens (primary N) is 1. The highest BCUT2D eigenvalue weighted by molar-refractivity contribution is 7.93. The number of rotatable bonds is 6. The van der Waals surface area contributed by atoms with E-state index in [9.17, 15) is 8.42 Å². The van der Waals surface area contributed by atoms with Crippen LogP contribution in [0.25, 0.3) is 0 Å². The first-order valence-electron chi connectivity index (χ1n) is 6.24. The largest absolute Gasteiger partial charge is 0.497 e. The van der Waals surface area contributed by atoms with Crippen LogP contribution >= 0.6 is 11.3 Å². The summed E-state index contributed by atoms with van der Waals surface area (Å²) in [6, 6.07) is 8.33. The average Bonchev–Trinajstić information content (AvgIpc) is 3.02. The number of hydrogen-bond donors (Lipinski definition) is 1. The van der Waals surface area contributed by atoms with Crippen molar-refractivity contribution in [2.45, 2.75) is 9.46 Å². The van der Waals surface area contributed by atoms with Crippen LogP contribution in [-0.4, -0.2) is 29.2 Å². The van der Waals surface area contributed by atoms with Crippen LogP contribution < -0.4 is 15.2 Å². The Morgan fingerprint density at radius 2 is 2.00 bits per heavy atom. The van der Waals surface area contributed by atoms with E-state index in [1.54, 1.807) is 35.7 Å². The standard InChI is InChI=1S/C14H17NO4S2/c1-18-10-5-6-12(19-2)11(8-10)13(9-15)21(16,17)14-4-3-7-20-14/h3-8,13H,9,15H2,1-2H3. The summed E-state index contributed by atoms with van der Waals surface area (Å²) in [6.45, 7) is -0.0379. The summed E-state index contributed by atoms with van der Waals surface area (Å²) < 4.78 is 36.2. The summed E-state index contributed by atoms with van der Waals surface area (Å²) in [4.78, 5) is 0. The van der Waals surface area contributed by atoms with Crippen LogP contribution in [0.4, 0.5) is 0 Å². The molecule has 0 radical (unpaired) electrons. The lowest BCUT2D eigenvalue weighted by Crippen LogP contribution is -2.22. The van der Waals surface area contributed by atoms with E-state index in [2.05, 4.69) is 0 Å². The molecule has 114 valence electrons.